The third-order valence-electron chi connectivity index (χ3n) is 4.89. The Hall–Kier alpha value is -3.66. The van der Waals surface area contributed by atoms with Crippen LogP contribution in [0.3, 0.4) is 0 Å². The van der Waals surface area contributed by atoms with Gasteiger partial charge in [-0.2, -0.15) is 10.1 Å². The fourth-order valence-electron chi connectivity index (χ4n) is 3.32. The number of aliphatic hydroxyl groups excluding tert-OH is 1. The number of nitrogens with one attached hydrogen (secondary N) is 2. The largest absolute Gasteiger partial charge is 0.496 e. The first-order valence-corrected chi connectivity index (χ1v) is 10.3. The standard InChI is InChI=1S/C22H28N6O4/c1-5-6-9-23-20-19-18(24-21(25-20)26-22(30)31)17(13(2)3)27-28(19)11-15-8-7-14(12-29)10-16(15)32-4/h7-8,10,29H,2,5-6,9,11-12H2,1,3-4H3,(H,30,31)(H2,23,24,25,26). The summed E-state index contributed by atoms with van der Waals surface area (Å²) in [6.07, 6.45) is 0.666. The van der Waals surface area contributed by atoms with Crippen LogP contribution in [0.2, 0.25) is 0 Å². The minimum absolute atomic E-state index is 0.0315. The number of anilines is 2. The summed E-state index contributed by atoms with van der Waals surface area (Å²) in [5, 5.41) is 28.8. The number of hydrogen-bond acceptors (Lipinski definition) is 7. The lowest BCUT2D eigenvalue weighted by Crippen LogP contribution is -2.14. The highest BCUT2D eigenvalue weighted by Crippen LogP contribution is 2.30. The number of ether oxygens (including phenoxy) is 1. The molecule has 32 heavy (non-hydrogen) atoms. The quantitative estimate of drug-likeness (QED) is 0.351. The number of aromatic nitrogens is 4. The van der Waals surface area contributed by atoms with Gasteiger partial charge in [-0.1, -0.05) is 32.1 Å². The molecule has 170 valence electrons. The van der Waals surface area contributed by atoms with Crippen LogP contribution in [0.5, 0.6) is 5.75 Å². The van der Waals surface area contributed by atoms with E-state index in [1.54, 1.807) is 17.9 Å². The van der Waals surface area contributed by atoms with E-state index in [-0.39, 0.29) is 12.6 Å². The molecule has 0 fully saturated rings. The predicted octanol–water partition coefficient (Wildman–Crippen LogP) is 3.71. The predicted molar refractivity (Wildman–Crippen MR) is 123 cm³/mol. The summed E-state index contributed by atoms with van der Waals surface area (Å²) in [5.74, 6) is 1.08. The molecule has 0 aliphatic carbocycles. The Balaban J connectivity index is 2.17. The summed E-state index contributed by atoms with van der Waals surface area (Å²) < 4.78 is 7.27. The highest BCUT2D eigenvalue weighted by molar-refractivity contribution is 5.95. The topological polar surface area (TPSA) is 134 Å². The lowest BCUT2D eigenvalue weighted by molar-refractivity contribution is 0.209. The molecule has 1 amide bonds. The molecule has 0 saturated carbocycles. The summed E-state index contributed by atoms with van der Waals surface area (Å²) in [7, 11) is 1.57. The number of aliphatic hydroxyl groups is 1. The van der Waals surface area contributed by atoms with E-state index in [4.69, 9.17) is 14.9 Å². The molecule has 0 radical (unpaired) electrons. The molecular weight excluding hydrogens is 412 g/mol. The first-order valence-electron chi connectivity index (χ1n) is 10.3. The summed E-state index contributed by atoms with van der Waals surface area (Å²) in [6, 6.07) is 5.49. The van der Waals surface area contributed by atoms with Crippen LogP contribution in [0, 0.1) is 0 Å². The molecule has 0 aliphatic rings. The van der Waals surface area contributed by atoms with Crippen LogP contribution in [-0.4, -0.2) is 49.7 Å². The molecule has 0 aliphatic heterocycles. The molecule has 0 atom stereocenters. The maximum absolute atomic E-state index is 11.2. The summed E-state index contributed by atoms with van der Waals surface area (Å²) >= 11 is 0. The van der Waals surface area contributed by atoms with Gasteiger partial charge in [0.2, 0.25) is 5.95 Å². The van der Waals surface area contributed by atoms with Crippen molar-refractivity contribution in [2.24, 2.45) is 0 Å². The highest BCUT2D eigenvalue weighted by Gasteiger charge is 2.21. The van der Waals surface area contributed by atoms with Gasteiger partial charge in [0.15, 0.2) is 5.82 Å². The van der Waals surface area contributed by atoms with Gasteiger partial charge >= 0.3 is 6.09 Å². The van der Waals surface area contributed by atoms with E-state index in [0.29, 0.717) is 47.0 Å². The number of unbranched alkanes of at least 4 members (excludes halogenated alkanes) is 1. The SMILES string of the molecule is C=C(C)c1nn(Cc2ccc(CO)cc2OC)c2c(NCCCC)nc(NC(=O)O)nc12. The second kappa shape index (κ2) is 10.1. The second-order valence-corrected chi connectivity index (χ2v) is 7.39. The Morgan fingerprint density at radius 3 is 2.72 bits per heavy atom. The van der Waals surface area contributed by atoms with Crippen molar-refractivity contribution < 1.29 is 19.7 Å². The molecular formula is C22H28N6O4. The van der Waals surface area contributed by atoms with E-state index in [2.05, 4.69) is 34.1 Å². The molecule has 4 N–H and O–H groups in total. The fraction of sp³-hybridized carbons (Fsp3) is 0.364. The third kappa shape index (κ3) is 4.97. The maximum atomic E-state index is 11.2. The number of hydrogen-bond donors (Lipinski definition) is 4. The molecule has 2 aromatic heterocycles. The van der Waals surface area contributed by atoms with Gasteiger partial charge in [0.1, 0.15) is 22.5 Å². The number of methoxy groups -OCH3 is 1. The molecule has 3 aromatic rings. The Morgan fingerprint density at radius 1 is 1.31 bits per heavy atom. The Kier molecular flexibility index (Phi) is 7.26. The molecule has 10 heteroatoms. The molecule has 0 bridgehead atoms. The number of allylic oxidation sites excluding steroid dienone is 1. The second-order valence-electron chi connectivity index (χ2n) is 7.39. The van der Waals surface area contributed by atoms with Crippen molar-refractivity contribution in [2.75, 3.05) is 24.3 Å². The number of nitrogens with zero attached hydrogens (tertiary/aromatic N) is 4. The zero-order valence-electron chi connectivity index (χ0n) is 18.5. The third-order valence-corrected chi connectivity index (χ3v) is 4.89. The molecule has 3 rings (SSSR count). The van der Waals surface area contributed by atoms with Gasteiger partial charge in [-0.25, -0.2) is 9.78 Å². The smallest absolute Gasteiger partial charge is 0.411 e. The number of benzene rings is 1. The van der Waals surface area contributed by atoms with Crippen LogP contribution in [0.25, 0.3) is 16.6 Å². The average molecular weight is 441 g/mol. The van der Waals surface area contributed by atoms with E-state index in [0.717, 1.165) is 24.0 Å². The monoisotopic (exact) mass is 440 g/mol. The van der Waals surface area contributed by atoms with Gasteiger partial charge < -0.3 is 20.3 Å². The van der Waals surface area contributed by atoms with Crippen molar-refractivity contribution in [3.8, 4) is 5.75 Å². The Morgan fingerprint density at radius 2 is 2.09 bits per heavy atom. The summed E-state index contributed by atoms with van der Waals surface area (Å²) in [5.41, 5.74) is 3.99. The van der Waals surface area contributed by atoms with Crippen LogP contribution in [0.15, 0.2) is 24.8 Å². The first kappa shape index (κ1) is 23.0. The fourth-order valence-corrected chi connectivity index (χ4v) is 3.32. The highest BCUT2D eigenvalue weighted by atomic mass is 16.5. The van der Waals surface area contributed by atoms with Crippen LogP contribution in [-0.2, 0) is 13.2 Å². The summed E-state index contributed by atoms with van der Waals surface area (Å²) in [6.45, 7) is 8.84. The number of carboxylic acid groups (broad SMARTS) is 1. The van der Waals surface area contributed by atoms with Crippen molar-refractivity contribution in [3.05, 3.63) is 41.6 Å². The number of carbonyl (C=O) groups is 1. The van der Waals surface area contributed by atoms with Gasteiger partial charge in [0.25, 0.3) is 0 Å². The maximum Gasteiger partial charge on any atom is 0.411 e. The first-order chi connectivity index (χ1) is 15.4. The van der Waals surface area contributed by atoms with Gasteiger partial charge in [0.05, 0.1) is 20.3 Å². The number of rotatable bonds is 10. The molecule has 0 unspecified atom stereocenters. The van der Waals surface area contributed by atoms with Crippen LogP contribution in [0.4, 0.5) is 16.6 Å². The van der Waals surface area contributed by atoms with Crippen molar-refractivity contribution in [2.45, 2.75) is 39.8 Å². The van der Waals surface area contributed by atoms with Crippen molar-refractivity contribution in [1.29, 1.82) is 0 Å². The van der Waals surface area contributed by atoms with Crippen LogP contribution in [0.1, 0.15) is 43.5 Å². The molecule has 0 spiro atoms. The average Bonchev–Trinajstić information content (AvgIpc) is 3.12. The number of amides is 1. The van der Waals surface area contributed by atoms with E-state index in [1.807, 2.05) is 19.1 Å². The van der Waals surface area contributed by atoms with Gasteiger partial charge in [-0.3, -0.25) is 10.00 Å². The van der Waals surface area contributed by atoms with Gasteiger partial charge in [-0.05, 0) is 30.5 Å². The molecule has 1 aromatic carbocycles. The van der Waals surface area contributed by atoms with Crippen LogP contribution < -0.4 is 15.4 Å². The van der Waals surface area contributed by atoms with Crippen molar-refractivity contribution in [1.82, 2.24) is 19.7 Å². The summed E-state index contributed by atoms with van der Waals surface area (Å²) in [4.78, 5) is 20.0. The zero-order valence-corrected chi connectivity index (χ0v) is 18.5. The van der Waals surface area contributed by atoms with Gasteiger partial charge in [0, 0.05) is 12.1 Å². The van der Waals surface area contributed by atoms with Crippen molar-refractivity contribution >= 4 is 34.5 Å². The lowest BCUT2D eigenvalue weighted by Gasteiger charge is -2.13. The van der Waals surface area contributed by atoms with E-state index in [1.165, 1.54) is 0 Å². The Bertz CT molecular complexity index is 1140. The molecule has 2 heterocycles. The zero-order chi connectivity index (χ0) is 23.3. The van der Waals surface area contributed by atoms with E-state index >= 15 is 0 Å². The minimum atomic E-state index is -1.25. The molecule has 10 nitrogen and oxygen atoms in total. The number of fused-ring (bicyclic) bond motifs is 1. The van der Waals surface area contributed by atoms with E-state index < -0.39 is 6.09 Å². The Labute approximate surface area is 186 Å². The lowest BCUT2D eigenvalue weighted by atomic mass is 10.1. The van der Waals surface area contributed by atoms with Crippen molar-refractivity contribution in [3.63, 3.8) is 0 Å². The van der Waals surface area contributed by atoms with E-state index in [9.17, 15) is 9.90 Å². The normalized spacial score (nSPS) is 10.9. The minimum Gasteiger partial charge on any atom is -0.496 e. The van der Waals surface area contributed by atoms with Crippen LogP contribution >= 0.6 is 0 Å². The van der Waals surface area contributed by atoms with Gasteiger partial charge in [-0.15, -0.1) is 0 Å². The molecule has 0 saturated heterocycles.